The summed E-state index contributed by atoms with van der Waals surface area (Å²) in [4.78, 5) is 12.6. The third-order valence-electron chi connectivity index (χ3n) is 6.44. The molecular weight excluding hydrogens is 392 g/mol. The predicted molar refractivity (Wildman–Crippen MR) is 108 cm³/mol. The Labute approximate surface area is 172 Å². The van der Waals surface area contributed by atoms with Crippen molar-refractivity contribution in [2.75, 3.05) is 13.1 Å². The topological polar surface area (TPSA) is 122 Å². The number of hydrogen-bond acceptors (Lipinski definition) is 6. The van der Waals surface area contributed by atoms with Crippen LogP contribution in [-0.4, -0.2) is 70.4 Å². The van der Waals surface area contributed by atoms with Crippen molar-refractivity contribution < 1.29 is 13.2 Å². The van der Waals surface area contributed by atoms with Gasteiger partial charge in [0.1, 0.15) is 0 Å². The summed E-state index contributed by atoms with van der Waals surface area (Å²) in [6.45, 7) is 2.99. The van der Waals surface area contributed by atoms with Crippen LogP contribution in [0.4, 0.5) is 0 Å². The summed E-state index contributed by atoms with van der Waals surface area (Å²) in [6.07, 6.45) is 6.82. The number of fused-ring (bicyclic) bond motifs is 2. The largest absolute Gasteiger partial charge is 0.348 e. The number of nitrogens with one attached hydrogen (secondary N) is 1. The van der Waals surface area contributed by atoms with Crippen LogP contribution in [0.15, 0.2) is 12.3 Å². The number of nitrogens with two attached hydrogens (primary N) is 1. The molecule has 0 saturated carbocycles. The molecule has 9 nitrogen and oxygen atoms in total. The van der Waals surface area contributed by atoms with Gasteiger partial charge in [-0.1, -0.05) is 6.92 Å². The van der Waals surface area contributed by atoms with Gasteiger partial charge >= 0.3 is 0 Å². The average Bonchev–Trinajstić information content (AvgIpc) is 3.00. The van der Waals surface area contributed by atoms with Crippen molar-refractivity contribution in [2.45, 2.75) is 76.0 Å². The van der Waals surface area contributed by atoms with Crippen LogP contribution in [0.5, 0.6) is 0 Å². The van der Waals surface area contributed by atoms with Gasteiger partial charge in [0.25, 0.3) is 16.1 Å². The molecule has 0 spiro atoms. The highest BCUT2D eigenvalue weighted by Crippen LogP contribution is 2.39. The maximum atomic E-state index is 13.2. The molecule has 2 bridgehead atoms. The van der Waals surface area contributed by atoms with Crippen molar-refractivity contribution in [3.05, 3.63) is 23.5 Å². The first kappa shape index (κ1) is 20.6. The van der Waals surface area contributed by atoms with Gasteiger partial charge in [-0.25, -0.2) is 0 Å². The van der Waals surface area contributed by atoms with Crippen LogP contribution < -0.4 is 11.1 Å². The lowest BCUT2D eigenvalue weighted by molar-refractivity contribution is 0.0900. The number of carbonyl (C=O) groups excluding carboxylic acids is 1. The number of amides is 1. The summed E-state index contributed by atoms with van der Waals surface area (Å²) >= 11 is 0. The van der Waals surface area contributed by atoms with Crippen molar-refractivity contribution in [2.24, 2.45) is 5.73 Å². The average molecular weight is 423 g/mol. The molecule has 29 heavy (non-hydrogen) atoms. The summed E-state index contributed by atoms with van der Waals surface area (Å²) in [6, 6.07) is 1.68. The van der Waals surface area contributed by atoms with Gasteiger partial charge in [-0.2, -0.15) is 22.1 Å². The Bertz CT molecular complexity index is 841. The minimum Gasteiger partial charge on any atom is -0.348 e. The van der Waals surface area contributed by atoms with E-state index in [1.54, 1.807) is 20.9 Å². The van der Waals surface area contributed by atoms with E-state index in [1.807, 2.05) is 6.92 Å². The predicted octanol–water partition coefficient (Wildman–Crippen LogP) is 0.432. The van der Waals surface area contributed by atoms with E-state index in [0.717, 1.165) is 24.8 Å². The lowest BCUT2D eigenvalue weighted by Gasteiger charge is -2.41. The Hall–Kier alpha value is -1.62. The Morgan fingerprint density at radius 3 is 2.48 bits per heavy atom. The molecule has 0 aromatic carbocycles. The molecule has 1 amide bonds. The molecule has 10 heteroatoms. The zero-order valence-electron chi connectivity index (χ0n) is 16.8. The number of nitrogens with zero attached hydrogens (tertiary/aromatic N) is 4. The molecule has 3 atom stereocenters. The second-order valence-corrected chi connectivity index (χ2v) is 10.2. The van der Waals surface area contributed by atoms with E-state index in [-0.39, 0.29) is 30.1 Å². The molecule has 4 rings (SSSR count). The minimum absolute atomic E-state index is 0.0479. The molecule has 3 aliphatic heterocycles. The molecular formula is C19H30N6O3S. The highest BCUT2D eigenvalue weighted by atomic mass is 32.2. The Morgan fingerprint density at radius 1 is 1.21 bits per heavy atom. The molecule has 3 aliphatic rings. The zero-order chi connectivity index (χ0) is 20.6. The monoisotopic (exact) mass is 422 g/mol. The van der Waals surface area contributed by atoms with E-state index in [0.29, 0.717) is 44.5 Å². The molecule has 1 aromatic heterocycles. The van der Waals surface area contributed by atoms with Gasteiger partial charge in [0.05, 0.1) is 6.20 Å². The fraction of sp³-hybridized carbons (Fsp3) is 0.737. The van der Waals surface area contributed by atoms with Crippen molar-refractivity contribution in [1.82, 2.24) is 24.1 Å². The Morgan fingerprint density at radius 2 is 1.86 bits per heavy atom. The van der Waals surface area contributed by atoms with Crippen LogP contribution in [0.3, 0.4) is 0 Å². The normalized spacial score (nSPS) is 29.1. The molecule has 4 heterocycles. The summed E-state index contributed by atoms with van der Waals surface area (Å²) in [5.74, 6) is -0.237. The third kappa shape index (κ3) is 4.16. The molecule has 3 N–H and O–H groups in total. The van der Waals surface area contributed by atoms with Crippen LogP contribution in [0.1, 0.15) is 61.5 Å². The third-order valence-corrected chi connectivity index (χ3v) is 8.59. The van der Waals surface area contributed by atoms with E-state index in [4.69, 9.17) is 5.73 Å². The van der Waals surface area contributed by atoms with E-state index in [2.05, 4.69) is 15.5 Å². The van der Waals surface area contributed by atoms with E-state index in [9.17, 15) is 13.2 Å². The van der Waals surface area contributed by atoms with Crippen molar-refractivity contribution in [3.8, 4) is 0 Å². The van der Waals surface area contributed by atoms with Crippen molar-refractivity contribution >= 4 is 16.1 Å². The fourth-order valence-electron chi connectivity index (χ4n) is 4.84. The maximum Gasteiger partial charge on any atom is 0.282 e. The first-order valence-corrected chi connectivity index (χ1v) is 11.9. The van der Waals surface area contributed by atoms with Crippen LogP contribution in [0, 0.1) is 0 Å². The second-order valence-electron chi connectivity index (χ2n) is 8.40. The molecule has 3 saturated heterocycles. The molecule has 160 valence electrons. The lowest BCUT2D eigenvalue weighted by Crippen LogP contribution is -2.57. The van der Waals surface area contributed by atoms with E-state index >= 15 is 0 Å². The first-order chi connectivity index (χ1) is 13.9. The van der Waals surface area contributed by atoms with Crippen molar-refractivity contribution in [1.29, 1.82) is 0 Å². The van der Waals surface area contributed by atoms with Gasteiger partial charge in [0.15, 0.2) is 5.69 Å². The maximum absolute atomic E-state index is 13.2. The number of rotatable bonds is 5. The zero-order valence-corrected chi connectivity index (χ0v) is 17.6. The number of carbonyl (C=O) groups is 1. The van der Waals surface area contributed by atoms with Gasteiger partial charge in [-0.15, -0.1) is 5.10 Å². The number of aromatic nitrogens is 2. The summed E-state index contributed by atoms with van der Waals surface area (Å²) in [5, 5.41) is 10.9. The fourth-order valence-corrected chi connectivity index (χ4v) is 6.91. The quantitative estimate of drug-likeness (QED) is 0.710. The van der Waals surface area contributed by atoms with E-state index < -0.39 is 10.2 Å². The second kappa shape index (κ2) is 8.25. The summed E-state index contributed by atoms with van der Waals surface area (Å²) in [5.41, 5.74) is 7.21. The van der Waals surface area contributed by atoms with E-state index in [1.165, 1.54) is 0 Å². The molecule has 1 unspecified atom stereocenters. The van der Waals surface area contributed by atoms with Crippen LogP contribution >= 0.6 is 0 Å². The van der Waals surface area contributed by atoms with Gasteiger partial charge in [0, 0.05) is 37.3 Å². The first-order valence-electron chi connectivity index (χ1n) is 10.5. The highest BCUT2D eigenvalue weighted by molar-refractivity contribution is 7.86. The molecule has 0 radical (unpaired) electrons. The number of aryl methyl sites for hydroxylation is 1. The number of piperidine rings is 2. The number of hydrogen-bond donors (Lipinski definition) is 2. The molecule has 0 aliphatic carbocycles. The van der Waals surface area contributed by atoms with Crippen LogP contribution in [0.2, 0.25) is 0 Å². The standard InChI is InChI=1S/C19H30N6O3S/c1-2-13-9-18(23-21-12-13)19(26)22-15-10-16-3-4-17(11-15)25(16)29(27,28)24-7-5-14(20)6-8-24/h9,12,14-17H,2-8,10-11,20H2,1H3,(H,22,26)/t15?,16-,17+. The Balaban J connectivity index is 1.42. The molecule has 3 fully saturated rings. The minimum atomic E-state index is -3.48. The Kier molecular flexibility index (Phi) is 5.87. The van der Waals surface area contributed by atoms with Crippen LogP contribution in [0.25, 0.3) is 0 Å². The smallest absolute Gasteiger partial charge is 0.282 e. The van der Waals surface area contributed by atoms with Gasteiger partial charge in [-0.05, 0) is 56.6 Å². The lowest BCUT2D eigenvalue weighted by atomic mass is 9.99. The van der Waals surface area contributed by atoms with Crippen LogP contribution in [-0.2, 0) is 16.6 Å². The summed E-state index contributed by atoms with van der Waals surface area (Å²) < 4.78 is 29.8. The van der Waals surface area contributed by atoms with Gasteiger partial charge < -0.3 is 11.1 Å². The van der Waals surface area contributed by atoms with Gasteiger partial charge in [0.2, 0.25) is 0 Å². The van der Waals surface area contributed by atoms with Crippen molar-refractivity contribution in [3.63, 3.8) is 0 Å². The molecule has 1 aromatic rings. The summed E-state index contributed by atoms with van der Waals surface area (Å²) in [7, 11) is -3.48. The highest BCUT2D eigenvalue weighted by Gasteiger charge is 2.49. The SMILES string of the molecule is CCc1cnnc(C(=O)NC2C[C@H]3CC[C@@H](C2)N3S(=O)(=O)N2CCC(N)CC2)c1. The van der Waals surface area contributed by atoms with Gasteiger partial charge in [-0.3, -0.25) is 4.79 Å².